The standard InChI is InChI=1S/C12H14N4O3/c1-8(2)15(7-12(14)17)10-4-3-9(6-13)11(5-10)16(18)19/h3-5,8H,7H2,1-2H3,(H2,14,17). The zero-order valence-corrected chi connectivity index (χ0v) is 10.7. The summed E-state index contributed by atoms with van der Waals surface area (Å²) in [7, 11) is 0. The summed E-state index contributed by atoms with van der Waals surface area (Å²) in [6, 6.07) is 5.91. The summed E-state index contributed by atoms with van der Waals surface area (Å²) in [5, 5.41) is 19.7. The molecule has 0 saturated heterocycles. The van der Waals surface area contributed by atoms with Crippen LogP contribution in [0.4, 0.5) is 11.4 Å². The number of rotatable bonds is 5. The van der Waals surface area contributed by atoms with Crippen LogP contribution in [0.1, 0.15) is 19.4 Å². The van der Waals surface area contributed by atoms with Gasteiger partial charge in [-0.1, -0.05) is 0 Å². The van der Waals surface area contributed by atoms with E-state index in [4.69, 9.17) is 11.0 Å². The van der Waals surface area contributed by atoms with Crippen LogP contribution >= 0.6 is 0 Å². The van der Waals surface area contributed by atoms with Gasteiger partial charge in [0, 0.05) is 17.8 Å². The molecule has 0 aromatic heterocycles. The molecule has 0 saturated carbocycles. The second-order valence-corrected chi connectivity index (χ2v) is 4.26. The molecule has 0 unspecified atom stereocenters. The summed E-state index contributed by atoms with van der Waals surface area (Å²) in [5.41, 5.74) is 5.34. The molecule has 1 rings (SSSR count). The number of amides is 1. The lowest BCUT2D eigenvalue weighted by atomic mass is 10.1. The fraction of sp³-hybridized carbons (Fsp3) is 0.333. The van der Waals surface area contributed by atoms with Crippen molar-refractivity contribution in [2.24, 2.45) is 5.73 Å². The Balaban J connectivity index is 3.26. The molecule has 0 aliphatic rings. The molecule has 0 aliphatic carbocycles. The van der Waals surface area contributed by atoms with Gasteiger partial charge in [0.05, 0.1) is 11.5 Å². The highest BCUT2D eigenvalue weighted by molar-refractivity contribution is 5.80. The van der Waals surface area contributed by atoms with Gasteiger partial charge in [0.25, 0.3) is 5.69 Å². The highest BCUT2D eigenvalue weighted by Crippen LogP contribution is 2.26. The average Bonchev–Trinajstić information content (AvgIpc) is 2.34. The van der Waals surface area contributed by atoms with Crippen LogP contribution in [-0.4, -0.2) is 23.4 Å². The summed E-state index contributed by atoms with van der Waals surface area (Å²) >= 11 is 0. The maximum absolute atomic E-state index is 11.0. The Morgan fingerprint density at radius 2 is 2.21 bits per heavy atom. The van der Waals surface area contributed by atoms with Gasteiger partial charge in [-0.2, -0.15) is 5.26 Å². The van der Waals surface area contributed by atoms with Crippen molar-refractivity contribution in [2.75, 3.05) is 11.4 Å². The summed E-state index contributed by atoms with van der Waals surface area (Å²) in [6.07, 6.45) is 0. The summed E-state index contributed by atoms with van der Waals surface area (Å²) in [5.74, 6) is -0.527. The molecule has 1 amide bonds. The van der Waals surface area contributed by atoms with Crippen molar-refractivity contribution in [3.63, 3.8) is 0 Å². The molecule has 2 N–H and O–H groups in total. The third-order valence-corrected chi connectivity index (χ3v) is 2.58. The lowest BCUT2D eigenvalue weighted by Crippen LogP contribution is -2.38. The van der Waals surface area contributed by atoms with Crippen molar-refractivity contribution < 1.29 is 9.72 Å². The predicted octanol–water partition coefficient (Wildman–Crippen LogP) is 1.17. The van der Waals surface area contributed by atoms with Gasteiger partial charge < -0.3 is 10.6 Å². The zero-order chi connectivity index (χ0) is 14.6. The molecule has 1 aromatic carbocycles. The van der Waals surface area contributed by atoms with E-state index in [-0.39, 0.29) is 23.8 Å². The number of hydrogen-bond acceptors (Lipinski definition) is 5. The number of primary amides is 1. The molecular formula is C12H14N4O3. The van der Waals surface area contributed by atoms with Crippen molar-refractivity contribution in [2.45, 2.75) is 19.9 Å². The van der Waals surface area contributed by atoms with Gasteiger partial charge >= 0.3 is 0 Å². The number of nitriles is 1. The highest BCUT2D eigenvalue weighted by atomic mass is 16.6. The number of carbonyl (C=O) groups excluding carboxylic acids is 1. The minimum Gasteiger partial charge on any atom is -0.368 e. The fourth-order valence-corrected chi connectivity index (χ4v) is 1.68. The number of nitrogens with zero attached hydrogens (tertiary/aromatic N) is 3. The third-order valence-electron chi connectivity index (χ3n) is 2.58. The number of nitrogens with two attached hydrogens (primary N) is 1. The molecule has 0 radical (unpaired) electrons. The van der Waals surface area contributed by atoms with Crippen LogP contribution in [-0.2, 0) is 4.79 Å². The second-order valence-electron chi connectivity index (χ2n) is 4.26. The Morgan fingerprint density at radius 1 is 1.58 bits per heavy atom. The van der Waals surface area contributed by atoms with Gasteiger partial charge in [0.1, 0.15) is 11.6 Å². The molecule has 7 nitrogen and oxygen atoms in total. The Bertz CT molecular complexity index is 548. The molecule has 100 valence electrons. The normalized spacial score (nSPS) is 10.0. The lowest BCUT2D eigenvalue weighted by Gasteiger charge is -2.27. The van der Waals surface area contributed by atoms with Crippen molar-refractivity contribution in [1.29, 1.82) is 5.26 Å². The van der Waals surface area contributed by atoms with Crippen molar-refractivity contribution in [1.82, 2.24) is 0 Å². The second kappa shape index (κ2) is 5.82. The van der Waals surface area contributed by atoms with E-state index in [2.05, 4.69) is 0 Å². The van der Waals surface area contributed by atoms with Crippen LogP contribution in [0.2, 0.25) is 0 Å². The predicted molar refractivity (Wildman–Crippen MR) is 69.5 cm³/mol. The Morgan fingerprint density at radius 3 is 2.63 bits per heavy atom. The number of benzene rings is 1. The molecular weight excluding hydrogens is 248 g/mol. The van der Waals surface area contributed by atoms with Gasteiger partial charge in [-0.3, -0.25) is 14.9 Å². The first-order valence-electron chi connectivity index (χ1n) is 5.60. The number of nitro groups is 1. The Hall–Kier alpha value is -2.62. The topological polar surface area (TPSA) is 113 Å². The quantitative estimate of drug-likeness (QED) is 0.632. The van der Waals surface area contributed by atoms with Gasteiger partial charge in [-0.05, 0) is 26.0 Å². The maximum atomic E-state index is 11.0. The van der Waals surface area contributed by atoms with Gasteiger partial charge in [-0.25, -0.2) is 0 Å². The summed E-state index contributed by atoms with van der Waals surface area (Å²) in [6.45, 7) is 3.64. The molecule has 19 heavy (non-hydrogen) atoms. The fourth-order valence-electron chi connectivity index (χ4n) is 1.68. The zero-order valence-electron chi connectivity index (χ0n) is 10.7. The van der Waals surface area contributed by atoms with E-state index in [9.17, 15) is 14.9 Å². The first-order chi connectivity index (χ1) is 8.86. The monoisotopic (exact) mass is 262 g/mol. The molecule has 0 fully saturated rings. The first kappa shape index (κ1) is 14.4. The number of nitro benzene ring substituents is 1. The molecule has 0 bridgehead atoms. The van der Waals surface area contributed by atoms with Crippen molar-refractivity contribution in [3.05, 3.63) is 33.9 Å². The maximum Gasteiger partial charge on any atom is 0.289 e. The average molecular weight is 262 g/mol. The van der Waals surface area contributed by atoms with Crippen LogP contribution < -0.4 is 10.6 Å². The summed E-state index contributed by atoms with van der Waals surface area (Å²) < 4.78 is 0. The number of hydrogen-bond donors (Lipinski definition) is 1. The van der Waals surface area contributed by atoms with E-state index in [1.54, 1.807) is 17.0 Å². The number of carbonyl (C=O) groups is 1. The van der Waals surface area contributed by atoms with E-state index in [0.717, 1.165) is 0 Å². The third kappa shape index (κ3) is 3.42. The summed E-state index contributed by atoms with van der Waals surface area (Å²) in [4.78, 5) is 22.9. The lowest BCUT2D eigenvalue weighted by molar-refractivity contribution is -0.385. The van der Waals surface area contributed by atoms with Crippen LogP contribution in [0, 0.1) is 21.4 Å². The molecule has 7 heteroatoms. The van der Waals surface area contributed by atoms with Gasteiger partial charge in [0.2, 0.25) is 5.91 Å². The molecule has 0 heterocycles. The molecule has 0 atom stereocenters. The van der Waals surface area contributed by atoms with E-state index in [1.165, 1.54) is 12.1 Å². The van der Waals surface area contributed by atoms with Crippen LogP contribution in [0.25, 0.3) is 0 Å². The first-order valence-corrected chi connectivity index (χ1v) is 5.60. The van der Waals surface area contributed by atoms with Crippen LogP contribution in [0.5, 0.6) is 0 Å². The van der Waals surface area contributed by atoms with Gasteiger partial charge in [-0.15, -0.1) is 0 Å². The van der Waals surface area contributed by atoms with Crippen molar-refractivity contribution in [3.8, 4) is 6.07 Å². The Kier molecular flexibility index (Phi) is 4.42. The highest BCUT2D eigenvalue weighted by Gasteiger charge is 2.19. The van der Waals surface area contributed by atoms with E-state index < -0.39 is 10.8 Å². The van der Waals surface area contributed by atoms with E-state index in [1.807, 2.05) is 13.8 Å². The Labute approximate surface area is 110 Å². The SMILES string of the molecule is CC(C)N(CC(N)=O)c1ccc(C#N)c([N+](=O)[O-])c1. The molecule has 0 spiro atoms. The molecule has 0 aliphatic heterocycles. The van der Waals surface area contributed by atoms with Crippen molar-refractivity contribution >= 4 is 17.3 Å². The molecule has 1 aromatic rings. The smallest absolute Gasteiger partial charge is 0.289 e. The minimum atomic E-state index is -0.620. The number of anilines is 1. The van der Waals surface area contributed by atoms with Crippen LogP contribution in [0.3, 0.4) is 0 Å². The van der Waals surface area contributed by atoms with Crippen LogP contribution in [0.15, 0.2) is 18.2 Å². The van der Waals surface area contributed by atoms with E-state index in [0.29, 0.717) is 5.69 Å². The van der Waals surface area contributed by atoms with Gasteiger partial charge in [0.15, 0.2) is 0 Å². The minimum absolute atomic E-state index is 0.0171. The largest absolute Gasteiger partial charge is 0.368 e. The van der Waals surface area contributed by atoms with E-state index >= 15 is 0 Å².